The highest BCUT2D eigenvalue weighted by atomic mass is 35.5. The summed E-state index contributed by atoms with van der Waals surface area (Å²) >= 11 is 5.58. The highest BCUT2D eigenvalue weighted by Crippen LogP contribution is 2.07. The van der Waals surface area contributed by atoms with Crippen LogP contribution in [0, 0.1) is 6.92 Å². The monoisotopic (exact) mass is 332 g/mol. The average Bonchev–Trinajstić information content (AvgIpc) is 2.46. The van der Waals surface area contributed by atoms with E-state index < -0.39 is 6.04 Å². The number of Topliss-reactive ketones (excluding diaryl/α,β-unsaturated/α-hetero) is 1. The van der Waals surface area contributed by atoms with Crippen LogP contribution in [0.4, 0.5) is 0 Å². The summed E-state index contributed by atoms with van der Waals surface area (Å²) in [6.45, 7) is 2.53. The van der Waals surface area contributed by atoms with Crippen LogP contribution >= 0.6 is 24.0 Å². The summed E-state index contributed by atoms with van der Waals surface area (Å²) in [6.07, 6.45) is 2.19. The molecule has 1 atom stereocenters. The second kappa shape index (κ2) is 10.6. The van der Waals surface area contributed by atoms with Crippen molar-refractivity contribution >= 4 is 35.7 Å². The highest BCUT2D eigenvalue weighted by Gasteiger charge is 2.19. The molecule has 0 aliphatic rings. The Balaban J connectivity index is 0.00000400. The normalized spacial score (nSPS) is 11.4. The number of unbranched alkanes of at least 4 members (excludes halogenated alkanes) is 1. The van der Waals surface area contributed by atoms with E-state index in [4.69, 9.17) is 17.3 Å². The van der Waals surface area contributed by atoms with Crippen LogP contribution in [0.5, 0.6) is 0 Å². The number of amides is 1. The van der Waals surface area contributed by atoms with Crippen molar-refractivity contribution in [1.29, 1.82) is 0 Å². The van der Waals surface area contributed by atoms with E-state index in [-0.39, 0.29) is 30.0 Å². The minimum atomic E-state index is -0.534. The Bertz CT molecular complexity index is 449. The zero-order valence-electron chi connectivity index (χ0n) is 12.1. The molecule has 0 fully saturated rings. The van der Waals surface area contributed by atoms with Crippen LogP contribution in [0.25, 0.3) is 0 Å². The van der Waals surface area contributed by atoms with Crippen molar-refractivity contribution in [2.45, 2.75) is 32.2 Å². The van der Waals surface area contributed by atoms with Gasteiger partial charge >= 0.3 is 0 Å². The Labute approximate surface area is 136 Å². The van der Waals surface area contributed by atoms with Gasteiger partial charge < -0.3 is 11.1 Å². The van der Waals surface area contributed by atoms with E-state index >= 15 is 0 Å². The molecule has 0 aliphatic carbocycles. The summed E-state index contributed by atoms with van der Waals surface area (Å²) in [7, 11) is 0. The molecule has 3 N–H and O–H groups in total. The van der Waals surface area contributed by atoms with Crippen LogP contribution in [-0.2, 0) is 4.79 Å². The molecule has 0 spiro atoms. The Kier molecular flexibility index (Phi) is 10.0. The lowest BCUT2D eigenvalue weighted by Crippen LogP contribution is -2.41. The van der Waals surface area contributed by atoms with Gasteiger partial charge in [0.2, 0.25) is 0 Å². The van der Waals surface area contributed by atoms with Crippen molar-refractivity contribution in [2.24, 2.45) is 5.73 Å². The van der Waals surface area contributed by atoms with Gasteiger partial charge in [-0.2, -0.15) is 0 Å². The number of benzene rings is 1. The van der Waals surface area contributed by atoms with Crippen molar-refractivity contribution < 1.29 is 9.59 Å². The topological polar surface area (TPSA) is 72.2 Å². The van der Waals surface area contributed by atoms with Crippen molar-refractivity contribution in [2.75, 3.05) is 12.4 Å². The summed E-state index contributed by atoms with van der Waals surface area (Å²) in [6, 6.07) is 6.68. The van der Waals surface area contributed by atoms with Crippen LogP contribution in [0.3, 0.4) is 0 Å². The van der Waals surface area contributed by atoms with Crippen molar-refractivity contribution in [3.8, 4) is 0 Å². The van der Waals surface area contributed by atoms with E-state index in [1.165, 1.54) is 0 Å². The standard InChI is InChI=1S/C15H21ClN2O2.ClH/c1-11-5-7-12(8-6-11)15(20)18-13(14(19)10-16)4-2-3-9-17;/h5-8,13H,2-4,9-10,17H2,1H3,(H,18,20);1H/t13-;/m0./s1. The van der Waals surface area contributed by atoms with Gasteiger partial charge in [0.1, 0.15) is 0 Å². The molecule has 1 rings (SSSR count). The van der Waals surface area contributed by atoms with Gasteiger partial charge in [0.05, 0.1) is 11.9 Å². The van der Waals surface area contributed by atoms with Gasteiger partial charge in [-0.05, 0) is 44.9 Å². The molecule has 6 heteroatoms. The Morgan fingerprint density at radius 1 is 1.24 bits per heavy atom. The second-order valence-corrected chi connectivity index (χ2v) is 5.04. The van der Waals surface area contributed by atoms with E-state index in [1.807, 2.05) is 19.1 Å². The molecular weight excluding hydrogens is 311 g/mol. The fraction of sp³-hybridized carbons (Fsp3) is 0.467. The quantitative estimate of drug-likeness (QED) is 0.567. The third-order valence-electron chi connectivity index (χ3n) is 3.09. The van der Waals surface area contributed by atoms with Gasteiger partial charge in [-0.25, -0.2) is 0 Å². The predicted molar refractivity (Wildman–Crippen MR) is 88.3 cm³/mol. The molecule has 0 bridgehead atoms. The SMILES string of the molecule is Cc1ccc(C(=O)N[C@@H](CCCCN)C(=O)CCl)cc1.Cl. The average molecular weight is 333 g/mol. The number of alkyl halides is 1. The largest absolute Gasteiger partial charge is 0.342 e. The molecule has 1 aromatic rings. The number of ketones is 1. The molecule has 0 unspecified atom stereocenters. The fourth-order valence-electron chi connectivity index (χ4n) is 1.85. The number of aryl methyl sites for hydroxylation is 1. The molecule has 0 radical (unpaired) electrons. The fourth-order valence-corrected chi connectivity index (χ4v) is 2.03. The number of nitrogens with one attached hydrogen (secondary N) is 1. The maximum absolute atomic E-state index is 12.1. The Hall–Kier alpha value is -1.10. The summed E-state index contributed by atoms with van der Waals surface area (Å²) in [5, 5.41) is 2.75. The Morgan fingerprint density at radius 3 is 2.38 bits per heavy atom. The van der Waals surface area contributed by atoms with E-state index in [2.05, 4.69) is 5.32 Å². The van der Waals surface area contributed by atoms with Crippen LogP contribution in [0.1, 0.15) is 35.2 Å². The minimum absolute atomic E-state index is 0. The van der Waals surface area contributed by atoms with Gasteiger partial charge in [0, 0.05) is 5.56 Å². The molecule has 21 heavy (non-hydrogen) atoms. The molecular formula is C15H22Cl2N2O2. The van der Waals surface area contributed by atoms with Gasteiger partial charge in [-0.15, -0.1) is 24.0 Å². The maximum atomic E-state index is 12.1. The van der Waals surface area contributed by atoms with Gasteiger partial charge in [-0.3, -0.25) is 9.59 Å². The molecule has 0 saturated carbocycles. The summed E-state index contributed by atoms with van der Waals surface area (Å²) < 4.78 is 0. The van der Waals surface area contributed by atoms with E-state index in [0.717, 1.165) is 18.4 Å². The molecule has 0 heterocycles. The van der Waals surface area contributed by atoms with Crippen LogP contribution < -0.4 is 11.1 Å². The first-order chi connectivity index (χ1) is 9.58. The number of carbonyl (C=O) groups excluding carboxylic acids is 2. The number of hydrogen-bond acceptors (Lipinski definition) is 3. The molecule has 4 nitrogen and oxygen atoms in total. The number of hydrogen-bond donors (Lipinski definition) is 2. The van der Waals surface area contributed by atoms with Crippen LogP contribution in [0.15, 0.2) is 24.3 Å². The molecule has 0 aromatic heterocycles. The number of halogens is 2. The van der Waals surface area contributed by atoms with Gasteiger partial charge in [0.15, 0.2) is 5.78 Å². The van der Waals surface area contributed by atoms with Crippen LogP contribution in [0.2, 0.25) is 0 Å². The molecule has 118 valence electrons. The molecule has 1 amide bonds. The van der Waals surface area contributed by atoms with E-state index in [0.29, 0.717) is 18.5 Å². The number of rotatable bonds is 8. The van der Waals surface area contributed by atoms with Crippen molar-refractivity contribution in [3.05, 3.63) is 35.4 Å². The Morgan fingerprint density at radius 2 is 1.86 bits per heavy atom. The number of carbonyl (C=O) groups is 2. The lowest BCUT2D eigenvalue weighted by atomic mass is 10.0. The lowest BCUT2D eigenvalue weighted by Gasteiger charge is -2.16. The smallest absolute Gasteiger partial charge is 0.251 e. The summed E-state index contributed by atoms with van der Waals surface area (Å²) in [4.78, 5) is 23.8. The molecule has 0 aliphatic heterocycles. The lowest BCUT2D eigenvalue weighted by molar-refractivity contribution is -0.118. The minimum Gasteiger partial charge on any atom is -0.342 e. The first-order valence-corrected chi connectivity index (χ1v) is 7.28. The maximum Gasteiger partial charge on any atom is 0.251 e. The third-order valence-corrected chi connectivity index (χ3v) is 3.35. The van der Waals surface area contributed by atoms with Crippen LogP contribution in [-0.4, -0.2) is 30.2 Å². The van der Waals surface area contributed by atoms with Crippen molar-refractivity contribution in [3.63, 3.8) is 0 Å². The van der Waals surface area contributed by atoms with E-state index in [1.54, 1.807) is 12.1 Å². The summed E-state index contributed by atoms with van der Waals surface area (Å²) in [5.41, 5.74) is 7.06. The highest BCUT2D eigenvalue weighted by molar-refractivity contribution is 6.28. The number of nitrogens with two attached hydrogens (primary N) is 1. The van der Waals surface area contributed by atoms with Gasteiger partial charge in [-0.1, -0.05) is 17.7 Å². The zero-order chi connectivity index (χ0) is 15.0. The second-order valence-electron chi connectivity index (χ2n) is 4.78. The third kappa shape index (κ3) is 6.93. The summed E-state index contributed by atoms with van der Waals surface area (Å²) in [5.74, 6) is -0.507. The molecule has 0 saturated heterocycles. The zero-order valence-corrected chi connectivity index (χ0v) is 13.7. The molecule has 1 aromatic carbocycles. The first kappa shape index (κ1) is 19.9. The predicted octanol–water partition coefficient (Wildman–Crippen LogP) is 2.45. The van der Waals surface area contributed by atoms with Crippen molar-refractivity contribution in [1.82, 2.24) is 5.32 Å². The first-order valence-electron chi connectivity index (χ1n) is 6.74. The van der Waals surface area contributed by atoms with E-state index in [9.17, 15) is 9.59 Å². The van der Waals surface area contributed by atoms with Gasteiger partial charge in [0.25, 0.3) is 5.91 Å².